The third-order valence-corrected chi connectivity index (χ3v) is 4.13. The molecule has 106 valence electrons. The summed E-state index contributed by atoms with van der Waals surface area (Å²) in [5.41, 5.74) is 0. The van der Waals surface area contributed by atoms with E-state index in [1.165, 1.54) is 25.8 Å². The fourth-order valence-corrected chi connectivity index (χ4v) is 2.74. The molecular weight excluding hydrogens is 258 g/mol. The second-order valence-electron chi connectivity index (χ2n) is 4.89. The van der Waals surface area contributed by atoms with E-state index in [1.807, 2.05) is 19.4 Å². The molecule has 0 saturated carbocycles. The molecular formula is C13H23N5S. The van der Waals surface area contributed by atoms with E-state index in [0.717, 1.165) is 23.3 Å². The first-order chi connectivity index (χ1) is 9.22. The van der Waals surface area contributed by atoms with Crippen molar-refractivity contribution >= 4 is 23.4 Å². The zero-order valence-corrected chi connectivity index (χ0v) is 12.8. The summed E-state index contributed by atoms with van der Waals surface area (Å²) in [5.74, 6) is 1.77. The van der Waals surface area contributed by atoms with E-state index < -0.39 is 0 Å². The van der Waals surface area contributed by atoms with E-state index in [2.05, 4.69) is 32.5 Å². The highest BCUT2D eigenvalue weighted by Gasteiger charge is 2.18. The third-order valence-electron chi connectivity index (χ3n) is 3.58. The first-order valence-corrected chi connectivity index (χ1v) is 8.00. The molecule has 0 aromatic carbocycles. The average molecular weight is 281 g/mol. The van der Waals surface area contributed by atoms with Gasteiger partial charge in [0, 0.05) is 25.7 Å². The van der Waals surface area contributed by atoms with Gasteiger partial charge in [0.05, 0.1) is 0 Å². The summed E-state index contributed by atoms with van der Waals surface area (Å²) in [6.07, 6.45) is 5.91. The molecule has 1 aromatic rings. The van der Waals surface area contributed by atoms with Gasteiger partial charge >= 0.3 is 0 Å². The molecule has 1 fully saturated rings. The van der Waals surface area contributed by atoms with Gasteiger partial charge in [0.25, 0.3) is 0 Å². The first kappa shape index (κ1) is 14.4. The normalized spacial score (nSPS) is 20.3. The van der Waals surface area contributed by atoms with Crippen molar-refractivity contribution in [3.63, 3.8) is 0 Å². The van der Waals surface area contributed by atoms with Gasteiger partial charge in [0.1, 0.15) is 11.6 Å². The highest BCUT2D eigenvalue weighted by atomic mass is 32.2. The highest BCUT2D eigenvalue weighted by molar-refractivity contribution is 7.98. The van der Waals surface area contributed by atoms with Crippen LogP contribution in [-0.4, -0.2) is 54.4 Å². The van der Waals surface area contributed by atoms with Crippen molar-refractivity contribution in [2.24, 2.45) is 0 Å². The largest absolute Gasteiger partial charge is 0.373 e. The molecule has 1 atom stereocenters. The molecule has 1 saturated heterocycles. The number of rotatable bonds is 5. The number of piperidine rings is 1. The number of nitrogens with zero attached hydrogens (tertiary/aromatic N) is 3. The second kappa shape index (κ2) is 6.96. The molecule has 0 amide bonds. The van der Waals surface area contributed by atoms with Crippen LogP contribution in [0.5, 0.6) is 0 Å². The summed E-state index contributed by atoms with van der Waals surface area (Å²) in [5, 5.41) is 7.32. The number of anilines is 2. The topological polar surface area (TPSA) is 53.1 Å². The molecule has 19 heavy (non-hydrogen) atoms. The minimum absolute atomic E-state index is 0.611. The van der Waals surface area contributed by atoms with Gasteiger partial charge in [-0.3, -0.25) is 0 Å². The van der Waals surface area contributed by atoms with E-state index in [9.17, 15) is 0 Å². The molecule has 0 aliphatic carbocycles. The summed E-state index contributed by atoms with van der Waals surface area (Å²) in [7, 11) is 4.09. The van der Waals surface area contributed by atoms with Crippen LogP contribution in [0.15, 0.2) is 11.2 Å². The van der Waals surface area contributed by atoms with Crippen molar-refractivity contribution in [3.05, 3.63) is 6.07 Å². The zero-order chi connectivity index (χ0) is 13.7. The zero-order valence-electron chi connectivity index (χ0n) is 11.9. The van der Waals surface area contributed by atoms with E-state index >= 15 is 0 Å². The lowest BCUT2D eigenvalue weighted by molar-refractivity contribution is 0.194. The van der Waals surface area contributed by atoms with Crippen molar-refractivity contribution in [2.45, 2.75) is 30.5 Å². The van der Waals surface area contributed by atoms with Crippen LogP contribution in [-0.2, 0) is 0 Å². The Bertz CT molecular complexity index is 390. The first-order valence-electron chi connectivity index (χ1n) is 6.78. The molecule has 1 unspecified atom stereocenters. The van der Waals surface area contributed by atoms with E-state index in [0.29, 0.717) is 6.04 Å². The Hall–Kier alpha value is -1.01. The Kier molecular flexibility index (Phi) is 5.27. The van der Waals surface area contributed by atoms with E-state index in [4.69, 9.17) is 0 Å². The molecule has 0 bridgehead atoms. The SMILES string of the molecule is CNc1cc(NCC2CCCCN2C)nc(SC)n1. The minimum Gasteiger partial charge on any atom is -0.373 e. The van der Waals surface area contributed by atoms with Crippen LogP contribution >= 0.6 is 11.8 Å². The Balaban J connectivity index is 1.98. The second-order valence-corrected chi connectivity index (χ2v) is 5.66. The monoisotopic (exact) mass is 281 g/mol. The summed E-state index contributed by atoms with van der Waals surface area (Å²) in [6.45, 7) is 2.15. The predicted molar refractivity (Wildman–Crippen MR) is 82.1 cm³/mol. The molecule has 1 aromatic heterocycles. The fraction of sp³-hybridized carbons (Fsp3) is 0.692. The summed E-state index contributed by atoms with van der Waals surface area (Å²) in [6, 6.07) is 2.57. The Morgan fingerprint density at radius 3 is 2.84 bits per heavy atom. The molecule has 2 N–H and O–H groups in total. The quantitative estimate of drug-likeness (QED) is 0.637. The van der Waals surface area contributed by atoms with Crippen molar-refractivity contribution < 1.29 is 0 Å². The molecule has 0 radical (unpaired) electrons. The van der Waals surface area contributed by atoms with Gasteiger partial charge in [-0.15, -0.1) is 0 Å². The van der Waals surface area contributed by atoms with Gasteiger partial charge in [0.2, 0.25) is 0 Å². The Labute approximate surface area is 119 Å². The van der Waals surface area contributed by atoms with Gasteiger partial charge in [-0.05, 0) is 32.7 Å². The fourth-order valence-electron chi connectivity index (χ4n) is 2.36. The Morgan fingerprint density at radius 1 is 1.37 bits per heavy atom. The van der Waals surface area contributed by atoms with Gasteiger partial charge < -0.3 is 15.5 Å². The van der Waals surface area contributed by atoms with Crippen LogP contribution in [0, 0.1) is 0 Å². The average Bonchev–Trinajstić information content (AvgIpc) is 2.46. The standard InChI is InChI=1S/C13H23N5S/c1-14-11-8-12(17-13(16-11)19-3)15-9-10-6-4-5-7-18(10)2/h8,10H,4-7,9H2,1-3H3,(H2,14,15,16,17). The van der Waals surface area contributed by atoms with Crippen molar-refractivity contribution in [2.75, 3.05) is 44.1 Å². The molecule has 1 aliphatic rings. The van der Waals surface area contributed by atoms with Crippen LogP contribution < -0.4 is 10.6 Å². The van der Waals surface area contributed by atoms with E-state index in [-0.39, 0.29) is 0 Å². The number of likely N-dealkylation sites (tertiary alicyclic amines) is 1. The lowest BCUT2D eigenvalue weighted by atomic mass is 10.0. The predicted octanol–water partition coefficient (Wildman–Crippen LogP) is 2.14. The van der Waals surface area contributed by atoms with Crippen LogP contribution in [0.1, 0.15) is 19.3 Å². The molecule has 2 heterocycles. The van der Waals surface area contributed by atoms with Gasteiger partial charge in [0.15, 0.2) is 5.16 Å². The lowest BCUT2D eigenvalue weighted by Gasteiger charge is -2.32. The summed E-state index contributed by atoms with van der Waals surface area (Å²) in [4.78, 5) is 11.3. The number of hydrogen-bond donors (Lipinski definition) is 2. The molecule has 6 heteroatoms. The van der Waals surface area contributed by atoms with Gasteiger partial charge in [-0.2, -0.15) is 0 Å². The van der Waals surface area contributed by atoms with Gasteiger partial charge in [-0.25, -0.2) is 9.97 Å². The number of hydrogen-bond acceptors (Lipinski definition) is 6. The van der Waals surface area contributed by atoms with Gasteiger partial charge in [-0.1, -0.05) is 18.2 Å². The van der Waals surface area contributed by atoms with Crippen LogP contribution in [0.25, 0.3) is 0 Å². The summed E-state index contributed by atoms with van der Waals surface area (Å²) < 4.78 is 0. The highest BCUT2D eigenvalue weighted by Crippen LogP contribution is 2.19. The van der Waals surface area contributed by atoms with Crippen molar-refractivity contribution in [1.29, 1.82) is 0 Å². The molecule has 2 rings (SSSR count). The maximum atomic E-state index is 4.49. The summed E-state index contributed by atoms with van der Waals surface area (Å²) >= 11 is 1.56. The Morgan fingerprint density at radius 2 is 2.16 bits per heavy atom. The maximum Gasteiger partial charge on any atom is 0.191 e. The maximum absolute atomic E-state index is 4.49. The molecule has 5 nitrogen and oxygen atoms in total. The number of likely N-dealkylation sites (N-methyl/N-ethyl adjacent to an activating group) is 1. The van der Waals surface area contributed by atoms with E-state index in [1.54, 1.807) is 11.8 Å². The smallest absolute Gasteiger partial charge is 0.191 e. The molecule has 1 aliphatic heterocycles. The lowest BCUT2D eigenvalue weighted by Crippen LogP contribution is -2.40. The number of aromatic nitrogens is 2. The van der Waals surface area contributed by atoms with Crippen LogP contribution in [0.2, 0.25) is 0 Å². The number of thioether (sulfide) groups is 1. The number of nitrogens with one attached hydrogen (secondary N) is 2. The minimum atomic E-state index is 0.611. The van der Waals surface area contributed by atoms with Crippen molar-refractivity contribution in [3.8, 4) is 0 Å². The third kappa shape index (κ3) is 3.98. The van der Waals surface area contributed by atoms with Crippen LogP contribution in [0.4, 0.5) is 11.6 Å². The molecule has 0 spiro atoms. The van der Waals surface area contributed by atoms with Crippen molar-refractivity contribution in [1.82, 2.24) is 14.9 Å². The van der Waals surface area contributed by atoms with Crippen LogP contribution in [0.3, 0.4) is 0 Å².